The Hall–Kier alpha value is -1.90. The molecule has 190 valence electrons. The molecule has 0 bridgehead atoms. The molecule has 1 fully saturated rings. The third kappa shape index (κ3) is 6.01. The van der Waals surface area contributed by atoms with Crippen molar-refractivity contribution < 1.29 is 14.3 Å². The first-order chi connectivity index (χ1) is 16.6. The van der Waals surface area contributed by atoms with E-state index in [0.29, 0.717) is 37.0 Å². The predicted octanol–water partition coefficient (Wildman–Crippen LogP) is 5.25. The van der Waals surface area contributed by atoms with Crippen LogP contribution in [0.2, 0.25) is 0 Å². The maximum atomic E-state index is 13.6. The van der Waals surface area contributed by atoms with Crippen molar-refractivity contribution in [1.29, 1.82) is 0 Å². The van der Waals surface area contributed by atoms with Crippen molar-refractivity contribution in [3.63, 3.8) is 0 Å². The molecule has 1 amide bonds. The number of aromatic nitrogens is 1. The zero-order valence-electron chi connectivity index (χ0n) is 21.5. The summed E-state index contributed by atoms with van der Waals surface area (Å²) in [6.45, 7) is 14.2. The normalized spacial score (nSPS) is 14.2. The largest absolute Gasteiger partial charge is 0.397 e. The van der Waals surface area contributed by atoms with Crippen LogP contribution in [0.4, 0.5) is 11.5 Å². The number of rotatable bonds is 13. The fourth-order valence-corrected chi connectivity index (χ4v) is 5.57. The number of nitrogens with zero attached hydrogens (tertiary/aromatic N) is 3. The van der Waals surface area contributed by atoms with Crippen LogP contribution >= 0.6 is 11.3 Å². The molecule has 2 N–H and O–H groups in total. The summed E-state index contributed by atoms with van der Waals surface area (Å²) in [7, 11) is 0. The third-order valence-electron chi connectivity index (χ3n) is 6.38. The fraction of sp³-hybridized carbons (Fsp3) is 0.692. The topological polar surface area (TPSA) is 80.9 Å². The lowest BCUT2D eigenvalue weighted by molar-refractivity contribution is 0.0757. The van der Waals surface area contributed by atoms with Crippen LogP contribution in [-0.2, 0) is 22.5 Å². The number of pyridine rings is 1. The van der Waals surface area contributed by atoms with Gasteiger partial charge in [-0.05, 0) is 31.7 Å². The Morgan fingerprint density at radius 1 is 1.09 bits per heavy atom. The number of carbonyl (C=O) groups is 1. The number of nitrogens with two attached hydrogens (primary N) is 1. The first-order valence-corrected chi connectivity index (χ1v) is 13.8. The van der Waals surface area contributed by atoms with E-state index in [-0.39, 0.29) is 5.91 Å². The summed E-state index contributed by atoms with van der Waals surface area (Å²) in [4.78, 5) is 24.5. The standard InChI is InChI=1S/C26H42N4O3S/c1-5-9-12-30(13-10-6-2)26(31)23-22(27)21-19(11-7-3)20(18-32-8-4)24(28-25(21)34-23)29-14-16-33-17-15-29/h5-18,27H2,1-4H3. The summed E-state index contributed by atoms with van der Waals surface area (Å²) in [5.74, 6) is 1.01. The highest BCUT2D eigenvalue weighted by molar-refractivity contribution is 7.21. The zero-order valence-corrected chi connectivity index (χ0v) is 22.3. The molecule has 0 saturated carbocycles. The number of hydrogen-bond donors (Lipinski definition) is 1. The summed E-state index contributed by atoms with van der Waals surface area (Å²) >= 11 is 1.45. The Labute approximate surface area is 208 Å². The van der Waals surface area contributed by atoms with E-state index in [4.69, 9.17) is 20.2 Å². The smallest absolute Gasteiger partial charge is 0.266 e. The molecule has 2 aromatic rings. The van der Waals surface area contributed by atoms with Crippen molar-refractivity contribution in [3.8, 4) is 0 Å². The number of morpholine rings is 1. The summed E-state index contributed by atoms with van der Waals surface area (Å²) in [6, 6.07) is 0. The van der Waals surface area contributed by atoms with Crippen molar-refractivity contribution in [3.05, 3.63) is 16.0 Å². The summed E-state index contributed by atoms with van der Waals surface area (Å²) in [5, 5.41) is 0.952. The van der Waals surface area contributed by atoms with Crippen LogP contribution < -0.4 is 10.6 Å². The minimum absolute atomic E-state index is 0.0455. The molecule has 7 nitrogen and oxygen atoms in total. The van der Waals surface area contributed by atoms with Gasteiger partial charge in [0.25, 0.3) is 5.91 Å². The Kier molecular flexibility index (Phi) is 10.4. The predicted molar refractivity (Wildman–Crippen MR) is 142 cm³/mol. The Balaban J connectivity index is 2.12. The van der Waals surface area contributed by atoms with Gasteiger partial charge in [0.15, 0.2) is 0 Å². The SMILES string of the molecule is CCCCN(CCCC)C(=O)c1sc2nc(N3CCOCC3)c(COCC)c(CCC)c2c1N. The van der Waals surface area contributed by atoms with Gasteiger partial charge in [-0.25, -0.2) is 4.98 Å². The molecule has 0 unspecified atom stereocenters. The van der Waals surface area contributed by atoms with Gasteiger partial charge in [0.1, 0.15) is 15.5 Å². The van der Waals surface area contributed by atoms with Gasteiger partial charge >= 0.3 is 0 Å². The van der Waals surface area contributed by atoms with E-state index in [1.54, 1.807) is 0 Å². The number of fused-ring (bicyclic) bond motifs is 1. The van der Waals surface area contributed by atoms with E-state index in [2.05, 4.69) is 25.7 Å². The molecule has 1 aliphatic rings. The van der Waals surface area contributed by atoms with E-state index in [1.165, 1.54) is 16.9 Å². The maximum Gasteiger partial charge on any atom is 0.266 e. The van der Waals surface area contributed by atoms with Gasteiger partial charge in [-0.1, -0.05) is 40.0 Å². The molecule has 0 aliphatic carbocycles. The van der Waals surface area contributed by atoms with E-state index in [9.17, 15) is 4.79 Å². The molecule has 0 atom stereocenters. The van der Waals surface area contributed by atoms with Crippen molar-refractivity contribution in [2.24, 2.45) is 0 Å². The molecule has 0 radical (unpaired) electrons. The molecule has 3 heterocycles. The van der Waals surface area contributed by atoms with Crippen molar-refractivity contribution >= 4 is 39.0 Å². The number of nitrogen functional groups attached to an aromatic ring is 1. The van der Waals surface area contributed by atoms with Crippen molar-refractivity contribution in [2.45, 2.75) is 72.8 Å². The molecule has 2 aromatic heterocycles. The molecule has 34 heavy (non-hydrogen) atoms. The lowest BCUT2D eigenvalue weighted by Crippen LogP contribution is -2.37. The van der Waals surface area contributed by atoms with Crippen LogP contribution in [0.3, 0.4) is 0 Å². The maximum absolute atomic E-state index is 13.6. The molecular formula is C26H42N4O3S. The molecular weight excluding hydrogens is 448 g/mol. The minimum atomic E-state index is 0.0455. The van der Waals surface area contributed by atoms with Crippen LogP contribution in [0.1, 0.15) is 80.6 Å². The highest BCUT2D eigenvalue weighted by Crippen LogP contribution is 2.41. The molecule has 8 heteroatoms. The number of carbonyl (C=O) groups excluding carboxylic acids is 1. The molecule has 1 aliphatic heterocycles. The van der Waals surface area contributed by atoms with Crippen molar-refractivity contribution in [1.82, 2.24) is 9.88 Å². The van der Waals surface area contributed by atoms with E-state index >= 15 is 0 Å². The number of amides is 1. The van der Waals surface area contributed by atoms with Gasteiger partial charge in [0.05, 0.1) is 25.5 Å². The zero-order chi connectivity index (χ0) is 24.5. The van der Waals surface area contributed by atoms with E-state index < -0.39 is 0 Å². The second-order valence-electron chi connectivity index (χ2n) is 8.90. The average molecular weight is 491 g/mol. The fourth-order valence-electron chi connectivity index (χ4n) is 4.49. The monoisotopic (exact) mass is 490 g/mol. The van der Waals surface area contributed by atoms with Crippen LogP contribution in [-0.4, -0.2) is 61.8 Å². The van der Waals surface area contributed by atoms with Crippen LogP contribution in [0.5, 0.6) is 0 Å². The molecule has 1 saturated heterocycles. The second-order valence-corrected chi connectivity index (χ2v) is 9.90. The second kappa shape index (κ2) is 13.3. The molecule has 0 spiro atoms. The number of ether oxygens (including phenoxy) is 2. The average Bonchev–Trinajstić information content (AvgIpc) is 3.19. The lowest BCUT2D eigenvalue weighted by Gasteiger charge is -2.30. The van der Waals surface area contributed by atoms with Gasteiger partial charge in [0.2, 0.25) is 0 Å². The Bertz CT molecular complexity index is 932. The highest BCUT2D eigenvalue weighted by Gasteiger charge is 2.28. The number of hydrogen-bond acceptors (Lipinski definition) is 7. The number of thiophene rings is 1. The van der Waals surface area contributed by atoms with Crippen LogP contribution in [0.25, 0.3) is 10.2 Å². The van der Waals surface area contributed by atoms with Crippen LogP contribution in [0, 0.1) is 0 Å². The first kappa shape index (κ1) is 26.7. The lowest BCUT2D eigenvalue weighted by atomic mass is 9.99. The highest BCUT2D eigenvalue weighted by atomic mass is 32.1. The van der Waals surface area contributed by atoms with Gasteiger partial charge in [-0.2, -0.15) is 0 Å². The molecule has 0 aromatic carbocycles. The van der Waals surface area contributed by atoms with Crippen molar-refractivity contribution in [2.75, 3.05) is 56.6 Å². The quantitative estimate of drug-likeness (QED) is 0.413. The summed E-state index contributed by atoms with van der Waals surface area (Å²) in [6.07, 6.45) is 5.98. The van der Waals surface area contributed by atoms with E-state index in [1.807, 2.05) is 11.8 Å². The Morgan fingerprint density at radius 3 is 2.35 bits per heavy atom. The van der Waals surface area contributed by atoms with Crippen LogP contribution in [0.15, 0.2) is 0 Å². The molecule has 3 rings (SSSR count). The minimum Gasteiger partial charge on any atom is -0.397 e. The summed E-state index contributed by atoms with van der Waals surface area (Å²) in [5.41, 5.74) is 9.62. The third-order valence-corrected chi connectivity index (χ3v) is 7.46. The van der Waals surface area contributed by atoms with Gasteiger partial charge in [-0.15, -0.1) is 11.3 Å². The van der Waals surface area contributed by atoms with Gasteiger partial charge in [0, 0.05) is 43.7 Å². The van der Waals surface area contributed by atoms with E-state index in [0.717, 1.165) is 86.3 Å². The van der Waals surface area contributed by atoms with Gasteiger partial charge < -0.3 is 25.0 Å². The first-order valence-electron chi connectivity index (χ1n) is 13.0. The number of aryl methyl sites for hydroxylation is 1. The Morgan fingerprint density at radius 2 is 1.76 bits per heavy atom. The number of anilines is 2. The summed E-state index contributed by atoms with van der Waals surface area (Å²) < 4.78 is 11.5. The van der Waals surface area contributed by atoms with Gasteiger partial charge in [-0.3, -0.25) is 4.79 Å². The number of unbranched alkanes of at least 4 members (excludes halogenated alkanes) is 2.